The van der Waals surface area contributed by atoms with Crippen molar-refractivity contribution in [2.75, 3.05) is 31.5 Å². The molecule has 8 heteroatoms. The molecule has 0 radical (unpaired) electrons. The van der Waals surface area contributed by atoms with Gasteiger partial charge in [-0.1, -0.05) is 29.5 Å². The van der Waals surface area contributed by atoms with Crippen LogP contribution in [-0.4, -0.2) is 52.9 Å². The van der Waals surface area contributed by atoms with Crippen molar-refractivity contribution in [1.82, 2.24) is 14.8 Å². The van der Waals surface area contributed by atoms with E-state index in [1.165, 1.54) is 29.5 Å². The van der Waals surface area contributed by atoms with E-state index >= 15 is 0 Å². The fourth-order valence-electron chi connectivity index (χ4n) is 3.01. The molecule has 1 aliphatic heterocycles. The number of fused-ring (bicyclic) bond motifs is 1. The number of carbonyl (C=O) groups is 2. The summed E-state index contributed by atoms with van der Waals surface area (Å²) in [6.07, 6.45) is 0. The molecule has 138 valence electrons. The van der Waals surface area contributed by atoms with Crippen molar-refractivity contribution in [3.8, 4) is 0 Å². The van der Waals surface area contributed by atoms with Crippen LogP contribution in [0.4, 0.5) is 14.3 Å². The van der Waals surface area contributed by atoms with Crippen molar-refractivity contribution in [3.63, 3.8) is 0 Å². The Morgan fingerprint density at radius 2 is 1.74 bits per heavy atom. The van der Waals surface area contributed by atoms with Gasteiger partial charge in [-0.25, -0.2) is 14.2 Å². The molecule has 27 heavy (non-hydrogen) atoms. The first-order chi connectivity index (χ1) is 13.1. The van der Waals surface area contributed by atoms with Crippen LogP contribution in [0.1, 0.15) is 10.4 Å². The molecule has 1 aromatic heterocycles. The number of amides is 3. The smallest absolute Gasteiger partial charge is 0.323 e. The Labute approximate surface area is 159 Å². The van der Waals surface area contributed by atoms with Crippen molar-refractivity contribution in [2.24, 2.45) is 0 Å². The molecule has 0 aliphatic carbocycles. The topological polar surface area (TPSA) is 65.5 Å². The van der Waals surface area contributed by atoms with Crippen LogP contribution in [0.3, 0.4) is 0 Å². The van der Waals surface area contributed by atoms with Gasteiger partial charge in [-0.15, -0.1) is 0 Å². The standard InChI is InChI=1S/C19H17FN4O2S/c20-14-5-3-4-13(12-14)17(25)23-8-10-24(11-9-23)19(26)22-18-21-15-6-1-2-7-16(15)27-18/h1-7,12H,8-11H2,(H,21,22,26). The molecular weight excluding hydrogens is 367 g/mol. The van der Waals surface area contributed by atoms with Crippen molar-refractivity contribution >= 4 is 38.6 Å². The minimum Gasteiger partial charge on any atom is -0.335 e. The van der Waals surface area contributed by atoms with Gasteiger partial charge in [0.25, 0.3) is 5.91 Å². The van der Waals surface area contributed by atoms with E-state index < -0.39 is 5.82 Å². The zero-order chi connectivity index (χ0) is 18.8. The van der Waals surface area contributed by atoms with E-state index in [0.29, 0.717) is 36.9 Å². The van der Waals surface area contributed by atoms with Crippen LogP contribution in [0.15, 0.2) is 48.5 Å². The maximum absolute atomic E-state index is 13.3. The number of carbonyl (C=O) groups excluding carboxylic acids is 2. The van der Waals surface area contributed by atoms with Gasteiger partial charge in [0.15, 0.2) is 5.13 Å². The zero-order valence-corrected chi connectivity index (χ0v) is 15.2. The quantitative estimate of drug-likeness (QED) is 0.736. The third-order valence-electron chi connectivity index (χ3n) is 4.43. The van der Waals surface area contributed by atoms with Crippen molar-refractivity contribution < 1.29 is 14.0 Å². The lowest BCUT2D eigenvalue weighted by Gasteiger charge is -2.34. The number of aromatic nitrogens is 1. The maximum Gasteiger partial charge on any atom is 0.323 e. The molecule has 3 aromatic rings. The van der Waals surface area contributed by atoms with Gasteiger partial charge in [0.05, 0.1) is 10.2 Å². The number of benzene rings is 2. The third kappa shape index (κ3) is 3.75. The number of hydrogen-bond donors (Lipinski definition) is 1. The normalized spacial score (nSPS) is 14.4. The molecule has 1 aliphatic rings. The third-order valence-corrected chi connectivity index (χ3v) is 5.39. The summed E-state index contributed by atoms with van der Waals surface area (Å²) < 4.78 is 14.3. The fourth-order valence-corrected chi connectivity index (χ4v) is 3.87. The second-order valence-electron chi connectivity index (χ2n) is 6.21. The predicted octanol–water partition coefficient (Wildman–Crippen LogP) is 3.43. The molecule has 2 aromatic carbocycles. The lowest BCUT2D eigenvalue weighted by molar-refractivity contribution is 0.0671. The molecule has 1 N–H and O–H groups in total. The average Bonchev–Trinajstić information content (AvgIpc) is 3.09. The molecule has 3 amide bonds. The van der Waals surface area contributed by atoms with Gasteiger partial charge in [-0.3, -0.25) is 10.1 Å². The Kier molecular flexibility index (Phi) is 4.72. The van der Waals surface area contributed by atoms with E-state index in [1.807, 2.05) is 24.3 Å². The molecule has 0 spiro atoms. The van der Waals surface area contributed by atoms with Gasteiger partial charge in [0, 0.05) is 31.7 Å². The van der Waals surface area contributed by atoms with Crippen LogP contribution in [0.5, 0.6) is 0 Å². The first-order valence-corrected chi connectivity index (χ1v) is 9.38. The summed E-state index contributed by atoms with van der Waals surface area (Å²) in [4.78, 5) is 32.6. The van der Waals surface area contributed by atoms with Crippen LogP contribution < -0.4 is 5.32 Å². The summed E-state index contributed by atoms with van der Waals surface area (Å²) >= 11 is 1.42. The van der Waals surface area contributed by atoms with Crippen LogP contribution in [-0.2, 0) is 0 Å². The number of piperazine rings is 1. The maximum atomic E-state index is 13.3. The summed E-state index contributed by atoms with van der Waals surface area (Å²) in [5.41, 5.74) is 1.17. The molecule has 1 fully saturated rings. The Balaban J connectivity index is 1.35. The summed E-state index contributed by atoms with van der Waals surface area (Å²) in [6, 6.07) is 13.1. The van der Waals surface area contributed by atoms with Gasteiger partial charge >= 0.3 is 6.03 Å². The van der Waals surface area contributed by atoms with Crippen LogP contribution in [0.25, 0.3) is 10.2 Å². The van der Waals surface area contributed by atoms with Crippen LogP contribution >= 0.6 is 11.3 Å². The van der Waals surface area contributed by atoms with Gasteiger partial charge in [0.1, 0.15) is 5.82 Å². The number of anilines is 1. The minimum atomic E-state index is -0.435. The number of nitrogens with one attached hydrogen (secondary N) is 1. The van der Waals surface area contributed by atoms with Crippen molar-refractivity contribution in [3.05, 3.63) is 59.9 Å². The largest absolute Gasteiger partial charge is 0.335 e. The average molecular weight is 384 g/mol. The SMILES string of the molecule is O=C(Nc1nc2ccccc2s1)N1CCN(C(=O)c2cccc(F)c2)CC1. The number of hydrogen-bond acceptors (Lipinski definition) is 4. The summed E-state index contributed by atoms with van der Waals surface area (Å²) in [5.74, 6) is -0.657. The predicted molar refractivity (Wildman–Crippen MR) is 103 cm³/mol. The van der Waals surface area contributed by atoms with E-state index in [9.17, 15) is 14.0 Å². The summed E-state index contributed by atoms with van der Waals surface area (Å²) in [7, 11) is 0. The Morgan fingerprint density at radius 1 is 1.00 bits per heavy atom. The highest BCUT2D eigenvalue weighted by Crippen LogP contribution is 2.25. The molecule has 1 saturated heterocycles. The zero-order valence-electron chi connectivity index (χ0n) is 14.4. The molecule has 0 bridgehead atoms. The van der Waals surface area contributed by atoms with E-state index in [2.05, 4.69) is 10.3 Å². The van der Waals surface area contributed by atoms with Gasteiger partial charge < -0.3 is 9.80 Å². The first kappa shape index (κ1) is 17.4. The number of urea groups is 1. The Morgan fingerprint density at radius 3 is 2.48 bits per heavy atom. The Hall–Kier alpha value is -3.00. The number of nitrogens with zero attached hydrogens (tertiary/aromatic N) is 3. The minimum absolute atomic E-state index is 0.222. The van der Waals surface area contributed by atoms with Gasteiger partial charge in [-0.05, 0) is 30.3 Å². The van der Waals surface area contributed by atoms with Gasteiger partial charge in [0.2, 0.25) is 0 Å². The fraction of sp³-hybridized carbons (Fsp3) is 0.211. The molecule has 6 nitrogen and oxygen atoms in total. The van der Waals surface area contributed by atoms with Crippen molar-refractivity contribution in [1.29, 1.82) is 0 Å². The molecule has 2 heterocycles. The lowest BCUT2D eigenvalue weighted by Crippen LogP contribution is -2.51. The number of rotatable bonds is 2. The highest BCUT2D eigenvalue weighted by atomic mass is 32.1. The molecular formula is C19H17FN4O2S. The van der Waals surface area contributed by atoms with E-state index in [-0.39, 0.29) is 11.9 Å². The number of para-hydroxylation sites is 1. The molecule has 4 rings (SSSR count). The monoisotopic (exact) mass is 384 g/mol. The van der Waals surface area contributed by atoms with E-state index in [1.54, 1.807) is 15.9 Å². The van der Waals surface area contributed by atoms with Crippen LogP contribution in [0.2, 0.25) is 0 Å². The second kappa shape index (κ2) is 7.32. The van der Waals surface area contributed by atoms with Crippen LogP contribution in [0, 0.1) is 5.82 Å². The summed E-state index contributed by atoms with van der Waals surface area (Å²) in [5, 5.41) is 3.38. The molecule has 0 atom stereocenters. The highest BCUT2D eigenvalue weighted by molar-refractivity contribution is 7.22. The van der Waals surface area contributed by atoms with E-state index in [4.69, 9.17) is 0 Å². The van der Waals surface area contributed by atoms with Gasteiger partial charge in [-0.2, -0.15) is 0 Å². The molecule has 0 saturated carbocycles. The number of thiazole rings is 1. The summed E-state index contributed by atoms with van der Waals surface area (Å²) in [6.45, 7) is 1.64. The number of halogens is 1. The second-order valence-corrected chi connectivity index (χ2v) is 7.24. The first-order valence-electron chi connectivity index (χ1n) is 8.56. The lowest BCUT2D eigenvalue weighted by atomic mass is 10.2. The molecule has 0 unspecified atom stereocenters. The highest BCUT2D eigenvalue weighted by Gasteiger charge is 2.25. The van der Waals surface area contributed by atoms with Crippen molar-refractivity contribution in [2.45, 2.75) is 0 Å². The van der Waals surface area contributed by atoms with E-state index in [0.717, 1.165) is 10.2 Å². The Bertz CT molecular complexity index is 965.